The highest BCUT2D eigenvalue weighted by Crippen LogP contribution is 2.22. The van der Waals surface area contributed by atoms with Crippen LogP contribution in [-0.2, 0) is 29.0 Å². The minimum Gasteiger partial charge on any atom is -0.481 e. The Morgan fingerprint density at radius 1 is 1.44 bits per heavy atom. The third kappa shape index (κ3) is 2.61. The van der Waals surface area contributed by atoms with Gasteiger partial charge in [-0.15, -0.1) is 0 Å². The highest BCUT2D eigenvalue weighted by Gasteiger charge is 2.12. The molecule has 0 aromatic heterocycles. The molecule has 0 atom stereocenters. The third-order valence-corrected chi connectivity index (χ3v) is 2.97. The summed E-state index contributed by atoms with van der Waals surface area (Å²) < 4.78 is 5.45. The third-order valence-electron chi connectivity index (χ3n) is 2.97. The second-order valence-corrected chi connectivity index (χ2v) is 4.10. The average molecular weight is 220 g/mol. The maximum Gasteiger partial charge on any atom is 0.303 e. The van der Waals surface area contributed by atoms with E-state index in [0.717, 1.165) is 19.4 Å². The summed E-state index contributed by atoms with van der Waals surface area (Å²) in [6.45, 7) is 1.48. The van der Waals surface area contributed by atoms with E-state index in [-0.39, 0.29) is 6.42 Å². The molecule has 1 heterocycles. The summed E-state index contributed by atoms with van der Waals surface area (Å²) in [7, 11) is 0. The van der Waals surface area contributed by atoms with Gasteiger partial charge < -0.3 is 9.84 Å². The predicted molar refractivity (Wildman–Crippen MR) is 60.4 cm³/mol. The molecule has 2 rings (SSSR count). The Kier molecular flexibility index (Phi) is 3.57. The molecule has 0 saturated carbocycles. The molecule has 0 saturated heterocycles. The molecule has 1 N–H and O–H groups in total. The second-order valence-electron chi connectivity index (χ2n) is 4.10. The summed E-state index contributed by atoms with van der Waals surface area (Å²) in [6, 6.07) is 6.27. The Hall–Kier alpha value is -1.35. The lowest BCUT2D eigenvalue weighted by Gasteiger charge is -2.19. The fourth-order valence-corrected chi connectivity index (χ4v) is 2.13. The fourth-order valence-electron chi connectivity index (χ4n) is 2.13. The van der Waals surface area contributed by atoms with Gasteiger partial charge in [0.1, 0.15) is 0 Å². The van der Waals surface area contributed by atoms with E-state index in [1.54, 1.807) is 0 Å². The SMILES string of the molecule is O=C(O)CCCc1cccc2c1COCC2. The van der Waals surface area contributed by atoms with Crippen LogP contribution in [0.25, 0.3) is 0 Å². The molecular formula is C13H16O3. The van der Waals surface area contributed by atoms with Crippen molar-refractivity contribution in [1.29, 1.82) is 0 Å². The van der Waals surface area contributed by atoms with Gasteiger partial charge >= 0.3 is 5.97 Å². The van der Waals surface area contributed by atoms with E-state index < -0.39 is 5.97 Å². The molecule has 0 amide bonds. The van der Waals surface area contributed by atoms with Crippen molar-refractivity contribution in [2.45, 2.75) is 32.3 Å². The lowest BCUT2D eigenvalue weighted by Crippen LogP contribution is -2.12. The summed E-state index contributed by atoms with van der Waals surface area (Å²) in [4.78, 5) is 10.5. The molecule has 0 fully saturated rings. The first-order valence-corrected chi connectivity index (χ1v) is 5.66. The van der Waals surface area contributed by atoms with Gasteiger partial charge in [-0.1, -0.05) is 18.2 Å². The summed E-state index contributed by atoms with van der Waals surface area (Å²) in [5, 5.41) is 8.61. The molecule has 3 nitrogen and oxygen atoms in total. The molecule has 0 radical (unpaired) electrons. The number of aliphatic carboxylic acids is 1. The first-order chi connectivity index (χ1) is 7.77. The van der Waals surface area contributed by atoms with Gasteiger partial charge in [0.05, 0.1) is 13.2 Å². The number of ether oxygens (including phenoxy) is 1. The van der Waals surface area contributed by atoms with Crippen LogP contribution in [0.3, 0.4) is 0 Å². The average Bonchev–Trinajstić information content (AvgIpc) is 2.29. The number of hydrogen-bond acceptors (Lipinski definition) is 2. The van der Waals surface area contributed by atoms with Crippen molar-refractivity contribution in [3.63, 3.8) is 0 Å². The minimum atomic E-state index is -0.721. The summed E-state index contributed by atoms with van der Waals surface area (Å²) in [5.41, 5.74) is 3.89. The molecule has 0 aliphatic carbocycles. The van der Waals surface area contributed by atoms with Crippen LogP contribution in [-0.4, -0.2) is 17.7 Å². The van der Waals surface area contributed by atoms with E-state index in [1.165, 1.54) is 16.7 Å². The Morgan fingerprint density at radius 2 is 2.31 bits per heavy atom. The van der Waals surface area contributed by atoms with Crippen LogP contribution in [0.2, 0.25) is 0 Å². The largest absolute Gasteiger partial charge is 0.481 e. The molecular weight excluding hydrogens is 204 g/mol. The van der Waals surface area contributed by atoms with Crippen LogP contribution in [0.15, 0.2) is 18.2 Å². The predicted octanol–water partition coefficient (Wildman–Crippen LogP) is 2.17. The van der Waals surface area contributed by atoms with Gasteiger partial charge in [-0.2, -0.15) is 0 Å². The van der Waals surface area contributed by atoms with E-state index in [0.29, 0.717) is 13.0 Å². The number of carboxylic acid groups (broad SMARTS) is 1. The zero-order valence-electron chi connectivity index (χ0n) is 9.24. The van der Waals surface area contributed by atoms with E-state index in [1.807, 2.05) is 0 Å². The van der Waals surface area contributed by atoms with Crippen molar-refractivity contribution in [2.24, 2.45) is 0 Å². The minimum absolute atomic E-state index is 0.241. The van der Waals surface area contributed by atoms with Crippen molar-refractivity contribution < 1.29 is 14.6 Å². The van der Waals surface area contributed by atoms with Gasteiger partial charge in [-0.25, -0.2) is 0 Å². The maximum atomic E-state index is 10.5. The van der Waals surface area contributed by atoms with Crippen molar-refractivity contribution in [2.75, 3.05) is 6.61 Å². The first-order valence-electron chi connectivity index (χ1n) is 5.66. The summed E-state index contributed by atoms with van der Waals surface area (Å²) >= 11 is 0. The number of carbonyl (C=O) groups is 1. The molecule has 0 bridgehead atoms. The highest BCUT2D eigenvalue weighted by atomic mass is 16.5. The lowest BCUT2D eigenvalue weighted by atomic mass is 9.95. The van der Waals surface area contributed by atoms with Gasteiger partial charge in [0.15, 0.2) is 0 Å². The molecule has 0 unspecified atom stereocenters. The molecule has 1 aromatic rings. The number of fused-ring (bicyclic) bond motifs is 1. The monoisotopic (exact) mass is 220 g/mol. The van der Waals surface area contributed by atoms with E-state index >= 15 is 0 Å². The zero-order valence-corrected chi connectivity index (χ0v) is 9.24. The van der Waals surface area contributed by atoms with Gasteiger partial charge in [0.2, 0.25) is 0 Å². The highest BCUT2D eigenvalue weighted by molar-refractivity contribution is 5.66. The van der Waals surface area contributed by atoms with E-state index in [2.05, 4.69) is 18.2 Å². The molecule has 3 heteroatoms. The number of carboxylic acids is 1. The van der Waals surface area contributed by atoms with Crippen LogP contribution in [0.4, 0.5) is 0 Å². The fraction of sp³-hybridized carbons (Fsp3) is 0.462. The number of aryl methyl sites for hydroxylation is 1. The number of hydrogen-bond donors (Lipinski definition) is 1. The van der Waals surface area contributed by atoms with Crippen LogP contribution >= 0.6 is 0 Å². The molecule has 1 aromatic carbocycles. The van der Waals surface area contributed by atoms with Crippen molar-refractivity contribution in [3.05, 3.63) is 34.9 Å². The van der Waals surface area contributed by atoms with Gasteiger partial charge in [-0.05, 0) is 36.0 Å². The van der Waals surface area contributed by atoms with E-state index in [9.17, 15) is 4.79 Å². The zero-order chi connectivity index (χ0) is 11.4. The smallest absolute Gasteiger partial charge is 0.303 e. The van der Waals surface area contributed by atoms with Crippen molar-refractivity contribution in [3.8, 4) is 0 Å². The van der Waals surface area contributed by atoms with Gasteiger partial charge in [-0.3, -0.25) is 4.79 Å². The van der Waals surface area contributed by atoms with Crippen LogP contribution in [0, 0.1) is 0 Å². The van der Waals surface area contributed by atoms with Gasteiger partial charge in [0.25, 0.3) is 0 Å². The van der Waals surface area contributed by atoms with Crippen molar-refractivity contribution >= 4 is 5.97 Å². The molecule has 1 aliphatic rings. The van der Waals surface area contributed by atoms with Crippen LogP contribution < -0.4 is 0 Å². The first kappa shape index (κ1) is 11.1. The van der Waals surface area contributed by atoms with E-state index in [4.69, 9.17) is 9.84 Å². The Labute approximate surface area is 95.0 Å². The van der Waals surface area contributed by atoms with Crippen LogP contribution in [0.1, 0.15) is 29.5 Å². The maximum absolute atomic E-state index is 10.5. The topological polar surface area (TPSA) is 46.5 Å². The lowest BCUT2D eigenvalue weighted by molar-refractivity contribution is -0.137. The molecule has 16 heavy (non-hydrogen) atoms. The standard InChI is InChI=1S/C13H16O3/c14-13(15)6-2-5-10-3-1-4-11-7-8-16-9-12(10)11/h1,3-4H,2,5-9H2,(H,14,15). The Bertz CT molecular complexity index is 385. The Morgan fingerprint density at radius 3 is 3.12 bits per heavy atom. The van der Waals surface area contributed by atoms with Gasteiger partial charge in [0, 0.05) is 6.42 Å². The molecule has 1 aliphatic heterocycles. The number of rotatable bonds is 4. The number of benzene rings is 1. The normalized spacial score (nSPS) is 14.5. The quantitative estimate of drug-likeness (QED) is 0.845. The van der Waals surface area contributed by atoms with Crippen LogP contribution in [0.5, 0.6) is 0 Å². The molecule has 86 valence electrons. The second kappa shape index (κ2) is 5.12. The summed E-state index contributed by atoms with van der Waals surface area (Å²) in [6.07, 6.45) is 2.75. The Balaban J connectivity index is 2.05. The molecule has 0 spiro atoms. The summed E-state index contributed by atoms with van der Waals surface area (Å²) in [5.74, 6) is -0.721. The van der Waals surface area contributed by atoms with Crippen molar-refractivity contribution in [1.82, 2.24) is 0 Å².